The third-order valence-electron chi connectivity index (χ3n) is 8.50. The number of carbonyl (C=O) groups is 2. The van der Waals surface area contributed by atoms with Crippen LogP contribution in [0.4, 0.5) is 0 Å². The minimum atomic E-state index is -1.99. The van der Waals surface area contributed by atoms with Gasteiger partial charge in [0.15, 0.2) is 10.7 Å². The van der Waals surface area contributed by atoms with Gasteiger partial charge in [0, 0.05) is 0 Å². The first kappa shape index (κ1) is 38.5. The summed E-state index contributed by atoms with van der Waals surface area (Å²) in [5.41, 5.74) is -1.99. The SMILES string of the molecule is CCCCCCCCCCCCCCCCCCCCC(O)(C(=O)O)C(CCCCCCCCCC)C(=O)S. The Morgan fingerprint density at radius 3 is 1.10 bits per heavy atom. The topological polar surface area (TPSA) is 74.6 Å². The van der Waals surface area contributed by atoms with Gasteiger partial charge in [-0.1, -0.05) is 174 Å². The van der Waals surface area contributed by atoms with Crippen molar-refractivity contribution in [1.29, 1.82) is 0 Å². The second kappa shape index (κ2) is 27.6. The second-order valence-corrected chi connectivity index (χ2v) is 12.6. The third-order valence-corrected chi connectivity index (χ3v) is 8.81. The van der Waals surface area contributed by atoms with E-state index in [4.69, 9.17) is 0 Å². The minimum Gasteiger partial charge on any atom is -0.479 e. The zero-order valence-electron chi connectivity index (χ0n) is 26.0. The Morgan fingerprint density at radius 2 is 0.821 bits per heavy atom. The lowest BCUT2D eigenvalue weighted by Crippen LogP contribution is -2.48. The van der Waals surface area contributed by atoms with Gasteiger partial charge in [-0.3, -0.25) is 4.79 Å². The van der Waals surface area contributed by atoms with Crippen molar-refractivity contribution in [3.8, 4) is 0 Å². The van der Waals surface area contributed by atoms with Crippen molar-refractivity contribution in [3.05, 3.63) is 0 Å². The summed E-state index contributed by atoms with van der Waals surface area (Å²) in [6, 6.07) is 0. The minimum absolute atomic E-state index is 0.134. The van der Waals surface area contributed by atoms with Crippen LogP contribution in [0.2, 0.25) is 0 Å². The van der Waals surface area contributed by atoms with Crippen LogP contribution in [-0.4, -0.2) is 26.9 Å². The second-order valence-electron chi connectivity index (χ2n) is 12.1. The van der Waals surface area contributed by atoms with Crippen molar-refractivity contribution < 1.29 is 19.8 Å². The first-order valence-corrected chi connectivity index (χ1v) is 17.5. The van der Waals surface area contributed by atoms with Crippen LogP contribution in [0.5, 0.6) is 0 Å². The van der Waals surface area contributed by atoms with E-state index in [0.29, 0.717) is 12.8 Å². The van der Waals surface area contributed by atoms with Crippen molar-refractivity contribution in [3.63, 3.8) is 0 Å². The molecule has 0 heterocycles. The number of aliphatic hydroxyl groups is 1. The van der Waals surface area contributed by atoms with Crippen molar-refractivity contribution in [2.75, 3.05) is 0 Å². The maximum atomic E-state index is 12.2. The van der Waals surface area contributed by atoms with Crippen LogP contribution in [0.3, 0.4) is 0 Å². The number of rotatable bonds is 31. The van der Waals surface area contributed by atoms with Crippen molar-refractivity contribution in [2.45, 2.75) is 199 Å². The molecule has 0 rings (SSSR count). The average Bonchev–Trinajstić information content (AvgIpc) is 2.91. The van der Waals surface area contributed by atoms with E-state index >= 15 is 0 Å². The monoisotopic (exact) mass is 570 g/mol. The zero-order valence-corrected chi connectivity index (χ0v) is 26.9. The van der Waals surface area contributed by atoms with E-state index < -0.39 is 22.6 Å². The van der Waals surface area contributed by atoms with Crippen LogP contribution in [0.15, 0.2) is 0 Å². The normalized spacial score (nSPS) is 13.8. The molecule has 0 aromatic rings. The summed E-state index contributed by atoms with van der Waals surface area (Å²) in [4.78, 5) is 24.1. The number of hydrogen-bond acceptors (Lipinski definition) is 3. The van der Waals surface area contributed by atoms with E-state index in [9.17, 15) is 19.8 Å². The molecule has 2 unspecified atom stereocenters. The molecule has 0 aromatic carbocycles. The van der Waals surface area contributed by atoms with Crippen LogP contribution in [0.25, 0.3) is 0 Å². The molecule has 0 saturated heterocycles. The van der Waals surface area contributed by atoms with Gasteiger partial charge in [0.25, 0.3) is 0 Å². The van der Waals surface area contributed by atoms with Gasteiger partial charge in [-0.15, -0.1) is 12.6 Å². The highest BCUT2D eigenvalue weighted by atomic mass is 32.1. The van der Waals surface area contributed by atoms with Crippen LogP contribution in [0, 0.1) is 5.92 Å². The first-order chi connectivity index (χ1) is 18.9. The van der Waals surface area contributed by atoms with Crippen molar-refractivity contribution in [2.24, 2.45) is 5.92 Å². The van der Waals surface area contributed by atoms with Crippen LogP contribution in [-0.2, 0) is 9.59 Å². The van der Waals surface area contributed by atoms with Gasteiger partial charge >= 0.3 is 5.97 Å². The molecule has 0 spiro atoms. The first-order valence-electron chi connectivity index (χ1n) is 17.1. The third kappa shape index (κ3) is 21.8. The Kier molecular flexibility index (Phi) is 27.2. The molecule has 4 nitrogen and oxygen atoms in total. The molecule has 39 heavy (non-hydrogen) atoms. The maximum absolute atomic E-state index is 12.2. The Hall–Kier alpha value is -0.550. The van der Waals surface area contributed by atoms with Gasteiger partial charge in [-0.05, 0) is 19.3 Å². The fraction of sp³-hybridized carbons (Fsp3) is 0.941. The summed E-state index contributed by atoms with van der Waals surface area (Å²) in [6.07, 6.45) is 32.5. The van der Waals surface area contributed by atoms with Gasteiger partial charge < -0.3 is 10.2 Å². The number of unbranched alkanes of at least 4 members (excludes halogenated alkanes) is 24. The summed E-state index contributed by atoms with van der Waals surface area (Å²) in [5, 5.41) is 20.3. The molecule has 0 radical (unpaired) electrons. The van der Waals surface area contributed by atoms with Gasteiger partial charge in [-0.2, -0.15) is 0 Å². The number of carbonyl (C=O) groups excluding carboxylic acids is 1. The quantitative estimate of drug-likeness (QED) is 0.0572. The van der Waals surface area contributed by atoms with E-state index in [1.807, 2.05) is 0 Å². The van der Waals surface area contributed by atoms with E-state index in [-0.39, 0.29) is 6.42 Å². The summed E-state index contributed by atoms with van der Waals surface area (Å²) in [5.74, 6) is -2.20. The molecular formula is C34H66O4S. The molecule has 2 atom stereocenters. The molecule has 5 heteroatoms. The predicted octanol–water partition coefficient (Wildman–Crippen LogP) is 10.8. The molecular weight excluding hydrogens is 504 g/mol. The average molecular weight is 571 g/mol. The van der Waals surface area contributed by atoms with Gasteiger partial charge in [-0.25, -0.2) is 4.79 Å². The molecule has 2 N–H and O–H groups in total. The lowest BCUT2D eigenvalue weighted by Gasteiger charge is -2.30. The van der Waals surface area contributed by atoms with Gasteiger partial charge in [0.05, 0.1) is 5.92 Å². The summed E-state index contributed by atoms with van der Waals surface area (Å²) in [6.45, 7) is 4.48. The van der Waals surface area contributed by atoms with Gasteiger partial charge in [0.1, 0.15) is 0 Å². The molecule has 0 aliphatic heterocycles. The number of carboxylic acids is 1. The van der Waals surface area contributed by atoms with E-state index in [2.05, 4.69) is 26.5 Å². The standard InChI is InChI=1S/C34H66O4S/c1-3-5-7-9-11-13-14-15-16-17-18-19-20-21-22-24-26-28-30-34(38,33(36)37)31(32(35)39)29-27-25-23-12-10-8-6-4-2/h31,38H,3-30H2,1-2H3,(H,35,39)(H,36,37). The zero-order chi connectivity index (χ0) is 29.0. The number of carboxylic acid groups (broad SMARTS) is 1. The summed E-state index contributed by atoms with van der Waals surface area (Å²) in [7, 11) is 0. The summed E-state index contributed by atoms with van der Waals surface area (Å²) >= 11 is 3.96. The molecule has 0 amide bonds. The largest absolute Gasteiger partial charge is 0.479 e. The van der Waals surface area contributed by atoms with Gasteiger partial charge in [0.2, 0.25) is 0 Å². The van der Waals surface area contributed by atoms with Crippen LogP contribution < -0.4 is 0 Å². The van der Waals surface area contributed by atoms with E-state index in [1.54, 1.807) is 0 Å². The highest BCUT2D eigenvalue weighted by Gasteiger charge is 2.46. The number of thiol groups is 1. The Balaban J connectivity index is 3.89. The lowest BCUT2D eigenvalue weighted by molar-refractivity contribution is -0.168. The van der Waals surface area contributed by atoms with E-state index in [0.717, 1.165) is 38.5 Å². The predicted molar refractivity (Wildman–Crippen MR) is 171 cm³/mol. The Labute approximate surface area is 248 Å². The molecule has 0 aromatic heterocycles. The fourth-order valence-electron chi connectivity index (χ4n) is 5.78. The molecule has 0 saturated carbocycles. The van der Waals surface area contributed by atoms with Crippen LogP contribution >= 0.6 is 12.6 Å². The van der Waals surface area contributed by atoms with Crippen molar-refractivity contribution >= 4 is 23.7 Å². The molecule has 0 fully saturated rings. The van der Waals surface area contributed by atoms with Crippen molar-refractivity contribution in [1.82, 2.24) is 0 Å². The van der Waals surface area contributed by atoms with E-state index in [1.165, 1.54) is 122 Å². The highest BCUT2D eigenvalue weighted by Crippen LogP contribution is 2.31. The molecule has 0 bridgehead atoms. The smallest absolute Gasteiger partial charge is 0.336 e. The molecule has 232 valence electrons. The van der Waals surface area contributed by atoms with Crippen LogP contribution in [0.1, 0.15) is 194 Å². The molecule has 0 aliphatic carbocycles. The number of hydrogen-bond donors (Lipinski definition) is 3. The number of aliphatic carboxylic acids is 1. The molecule has 0 aliphatic rings. The fourth-order valence-corrected chi connectivity index (χ4v) is 6.12. The highest BCUT2D eigenvalue weighted by molar-refractivity contribution is 7.96. The summed E-state index contributed by atoms with van der Waals surface area (Å²) < 4.78 is 0. The Morgan fingerprint density at radius 1 is 0.538 bits per heavy atom. The Bertz CT molecular complexity index is 567. The maximum Gasteiger partial charge on any atom is 0.336 e. The lowest BCUT2D eigenvalue weighted by atomic mass is 9.80.